The zero-order chi connectivity index (χ0) is 12.7. The Bertz CT molecular complexity index is 351. The minimum atomic E-state index is -0.248. The summed E-state index contributed by atoms with van der Waals surface area (Å²) in [5.41, 5.74) is 0.984. The number of carbonyl (C=O) groups is 1. The molecule has 0 aromatic carbocycles. The zero-order valence-corrected chi connectivity index (χ0v) is 10.6. The van der Waals surface area contributed by atoms with Gasteiger partial charge >= 0.3 is 0 Å². The molecule has 6 heteroatoms. The number of carbonyl (C=O) groups excluding carboxylic acids is 1. The first-order chi connectivity index (χ1) is 8.20. The SMILES string of the molecule is CNC(=O)C(C)n1cncc1CNCCOC. The molecular formula is C11H20N4O2. The van der Waals surface area contributed by atoms with Crippen LogP contribution in [0.5, 0.6) is 0 Å². The average molecular weight is 240 g/mol. The van der Waals surface area contributed by atoms with Crippen LogP contribution in [-0.2, 0) is 16.1 Å². The van der Waals surface area contributed by atoms with Crippen molar-refractivity contribution in [3.8, 4) is 0 Å². The number of ether oxygens (including phenoxy) is 1. The van der Waals surface area contributed by atoms with Crippen LogP contribution in [0.25, 0.3) is 0 Å². The maximum atomic E-state index is 11.5. The number of nitrogens with one attached hydrogen (secondary N) is 2. The Morgan fingerprint density at radius 2 is 2.41 bits per heavy atom. The predicted molar refractivity (Wildman–Crippen MR) is 64.6 cm³/mol. The molecule has 0 aliphatic carbocycles. The highest BCUT2D eigenvalue weighted by Crippen LogP contribution is 2.09. The van der Waals surface area contributed by atoms with E-state index in [1.54, 1.807) is 26.7 Å². The third kappa shape index (κ3) is 3.83. The Morgan fingerprint density at radius 3 is 3.06 bits per heavy atom. The molecule has 0 bridgehead atoms. The van der Waals surface area contributed by atoms with Gasteiger partial charge in [-0.2, -0.15) is 0 Å². The second-order valence-electron chi connectivity index (χ2n) is 3.75. The molecule has 0 saturated carbocycles. The lowest BCUT2D eigenvalue weighted by atomic mass is 10.3. The van der Waals surface area contributed by atoms with Crippen LogP contribution in [-0.4, -0.2) is 42.8 Å². The van der Waals surface area contributed by atoms with Crippen LogP contribution in [0.1, 0.15) is 18.7 Å². The largest absolute Gasteiger partial charge is 0.383 e. The molecule has 1 unspecified atom stereocenters. The van der Waals surface area contributed by atoms with E-state index in [4.69, 9.17) is 4.74 Å². The lowest BCUT2D eigenvalue weighted by molar-refractivity contribution is -0.123. The van der Waals surface area contributed by atoms with Gasteiger partial charge in [0.1, 0.15) is 6.04 Å². The van der Waals surface area contributed by atoms with Gasteiger partial charge in [0.15, 0.2) is 0 Å². The maximum absolute atomic E-state index is 11.5. The molecule has 0 aliphatic heterocycles. The summed E-state index contributed by atoms with van der Waals surface area (Å²) < 4.78 is 6.81. The molecule has 6 nitrogen and oxygen atoms in total. The number of nitrogens with zero attached hydrogens (tertiary/aromatic N) is 2. The summed E-state index contributed by atoms with van der Waals surface area (Å²) in [5, 5.41) is 5.85. The minimum Gasteiger partial charge on any atom is -0.383 e. The molecule has 1 rings (SSSR count). The van der Waals surface area contributed by atoms with Crippen LogP contribution in [0, 0.1) is 0 Å². The Kier molecular flexibility index (Phi) is 5.65. The topological polar surface area (TPSA) is 68.2 Å². The van der Waals surface area contributed by atoms with Crippen molar-refractivity contribution in [2.45, 2.75) is 19.5 Å². The van der Waals surface area contributed by atoms with E-state index in [1.165, 1.54) is 0 Å². The van der Waals surface area contributed by atoms with Gasteiger partial charge in [-0.3, -0.25) is 4.79 Å². The van der Waals surface area contributed by atoms with Crippen molar-refractivity contribution in [1.82, 2.24) is 20.2 Å². The molecule has 2 N–H and O–H groups in total. The molecule has 1 aromatic heterocycles. The molecule has 0 saturated heterocycles. The molecule has 17 heavy (non-hydrogen) atoms. The Hall–Kier alpha value is -1.40. The molecule has 0 aliphatic rings. The quantitative estimate of drug-likeness (QED) is 0.654. The lowest BCUT2D eigenvalue weighted by Crippen LogP contribution is -2.29. The summed E-state index contributed by atoms with van der Waals surface area (Å²) in [6, 6.07) is -0.248. The summed E-state index contributed by atoms with van der Waals surface area (Å²) in [7, 11) is 3.30. The smallest absolute Gasteiger partial charge is 0.242 e. The van der Waals surface area contributed by atoms with Crippen LogP contribution in [0.2, 0.25) is 0 Å². The molecule has 0 radical (unpaired) electrons. The van der Waals surface area contributed by atoms with E-state index in [1.807, 2.05) is 11.5 Å². The molecule has 0 fully saturated rings. The van der Waals surface area contributed by atoms with Crippen molar-refractivity contribution in [3.63, 3.8) is 0 Å². The fourth-order valence-electron chi connectivity index (χ4n) is 1.54. The minimum absolute atomic E-state index is 0.0267. The number of hydrogen-bond donors (Lipinski definition) is 2. The highest BCUT2D eigenvalue weighted by molar-refractivity contribution is 5.79. The Labute approximate surface area is 101 Å². The normalized spacial score (nSPS) is 12.4. The van der Waals surface area contributed by atoms with Gasteiger partial charge in [-0.1, -0.05) is 0 Å². The van der Waals surface area contributed by atoms with Gasteiger partial charge in [-0.15, -0.1) is 0 Å². The summed E-state index contributed by atoms with van der Waals surface area (Å²) >= 11 is 0. The summed E-state index contributed by atoms with van der Waals surface area (Å²) in [6.45, 7) is 3.96. The van der Waals surface area contributed by atoms with Crippen molar-refractivity contribution in [2.24, 2.45) is 0 Å². The third-order valence-electron chi connectivity index (χ3n) is 2.58. The maximum Gasteiger partial charge on any atom is 0.242 e. The van der Waals surface area contributed by atoms with Gasteiger partial charge in [-0.25, -0.2) is 4.98 Å². The fraction of sp³-hybridized carbons (Fsp3) is 0.636. The molecule has 1 aromatic rings. The van der Waals surface area contributed by atoms with Crippen LogP contribution < -0.4 is 10.6 Å². The number of amides is 1. The van der Waals surface area contributed by atoms with Crippen molar-refractivity contribution < 1.29 is 9.53 Å². The molecule has 1 atom stereocenters. The van der Waals surface area contributed by atoms with Crippen molar-refractivity contribution in [3.05, 3.63) is 18.2 Å². The summed E-state index contributed by atoms with van der Waals surface area (Å²) in [6.07, 6.45) is 3.44. The molecule has 1 amide bonds. The number of likely N-dealkylation sites (N-methyl/N-ethyl adjacent to an activating group) is 1. The van der Waals surface area contributed by atoms with E-state index >= 15 is 0 Å². The predicted octanol–water partition coefficient (Wildman–Crippen LogP) is -0.0739. The standard InChI is InChI=1S/C11H20N4O2/c1-9(11(16)12-2)15-8-14-7-10(15)6-13-4-5-17-3/h7-9,13H,4-6H2,1-3H3,(H,12,16). The first kappa shape index (κ1) is 13.7. The first-order valence-corrected chi connectivity index (χ1v) is 5.62. The van der Waals surface area contributed by atoms with Gasteiger partial charge < -0.3 is 19.9 Å². The van der Waals surface area contributed by atoms with Gasteiger partial charge in [0.2, 0.25) is 5.91 Å². The fourth-order valence-corrected chi connectivity index (χ4v) is 1.54. The average Bonchev–Trinajstić information content (AvgIpc) is 2.81. The van der Waals surface area contributed by atoms with Crippen molar-refractivity contribution >= 4 is 5.91 Å². The van der Waals surface area contributed by atoms with E-state index in [2.05, 4.69) is 15.6 Å². The van der Waals surface area contributed by atoms with Crippen LogP contribution >= 0.6 is 0 Å². The Morgan fingerprint density at radius 1 is 1.65 bits per heavy atom. The van der Waals surface area contributed by atoms with E-state index in [0.29, 0.717) is 13.2 Å². The van der Waals surface area contributed by atoms with Crippen LogP contribution in [0.3, 0.4) is 0 Å². The van der Waals surface area contributed by atoms with Gasteiger partial charge in [0, 0.05) is 33.4 Å². The van der Waals surface area contributed by atoms with E-state index < -0.39 is 0 Å². The van der Waals surface area contributed by atoms with E-state index in [-0.39, 0.29) is 11.9 Å². The highest BCUT2D eigenvalue weighted by Gasteiger charge is 2.15. The van der Waals surface area contributed by atoms with E-state index in [0.717, 1.165) is 12.2 Å². The molecule has 1 heterocycles. The highest BCUT2D eigenvalue weighted by atomic mass is 16.5. The number of aromatic nitrogens is 2. The number of imidazole rings is 1. The number of hydrogen-bond acceptors (Lipinski definition) is 4. The zero-order valence-electron chi connectivity index (χ0n) is 10.6. The van der Waals surface area contributed by atoms with Crippen molar-refractivity contribution in [2.75, 3.05) is 27.3 Å². The summed E-state index contributed by atoms with van der Waals surface area (Å²) in [5.74, 6) is -0.0267. The lowest BCUT2D eigenvalue weighted by Gasteiger charge is -2.15. The molecular weight excluding hydrogens is 220 g/mol. The first-order valence-electron chi connectivity index (χ1n) is 5.62. The van der Waals surface area contributed by atoms with Gasteiger partial charge in [0.25, 0.3) is 0 Å². The van der Waals surface area contributed by atoms with Gasteiger partial charge in [-0.05, 0) is 6.92 Å². The van der Waals surface area contributed by atoms with Crippen LogP contribution in [0.4, 0.5) is 0 Å². The van der Waals surface area contributed by atoms with E-state index in [9.17, 15) is 4.79 Å². The second-order valence-corrected chi connectivity index (χ2v) is 3.75. The van der Waals surface area contributed by atoms with Gasteiger partial charge in [0.05, 0.1) is 18.6 Å². The van der Waals surface area contributed by atoms with Crippen molar-refractivity contribution in [1.29, 1.82) is 0 Å². The number of rotatable bonds is 7. The summed E-state index contributed by atoms with van der Waals surface area (Å²) in [4.78, 5) is 15.6. The number of methoxy groups -OCH3 is 1. The Balaban J connectivity index is 2.56. The monoisotopic (exact) mass is 240 g/mol. The molecule has 0 spiro atoms. The molecule has 96 valence electrons. The van der Waals surface area contributed by atoms with Crippen LogP contribution in [0.15, 0.2) is 12.5 Å². The third-order valence-corrected chi connectivity index (χ3v) is 2.58. The second kappa shape index (κ2) is 7.03.